The summed E-state index contributed by atoms with van der Waals surface area (Å²) in [6.45, 7) is 3.27. The third kappa shape index (κ3) is 3.77. The topological polar surface area (TPSA) is 35.5 Å². The molecule has 120 valence electrons. The van der Waals surface area contributed by atoms with Crippen LogP contribution in [-0.4, -0.2) is 19.5 Å². The predicted molar refractivity (Wildman–Crippen MR) is 90.0 cm³/mol. The average Bonchev–Trinajstić information content (AvgIpc) is 2.56. The summed E-state index contributed by atoms with van der Waals surface area (Å²) < 4.78 is 24.0. The van der Waals surface area contributed by atoms with Gasteiger partial charge in [0.1, 0.15) is 23.9 Å². The van der Waals surface area contributed by atoms with Gasteiger partial charge in [-0.3, -0.25) is 4.79 Å². The Hall–Kier alpha value is -2.62. The summed E-state index contributed by atoms with van der Waals surface area (Å²) in [5, 5.41) is 1.63. The summed E-state index contributed by atoms with van der Waals surface area (Å²) in [5.41, 5.74) is 0.472. The SMILES string of the molecule is C/C=C(F)\C=C/COc1ccc2cccc(OC)c2c1C(C)=O. The fraction of sp³-hybridized carbons (Fsp3) is 0.211. The maximum atomic E-state index is 13.0. The molecule has 0 saturated heterocycles. The fourth-order valence-corrected chi connectivity index (χ4v) is 2.36. The summed E-state index contributed by atoms with van der Waals surface area (Å²) in [6.07, 6.45) is 4.25. The molecule has 0 fully saturated rings. The highest BCUT2D eigenvalue weighted by atomic mass is 19.1. The molecule has 0 aliphatic rings. The molecule has 0 bridgehead atoms. The fourth-order valence-electron chi connectivity index (χ4n) is 2.36. The lowest BCUT2D eigenvalue weighted by molar-refractivity contribution is 0.101. The number of allylic oxidation sites excluding steroid dienone is 3. The van der Waals surface area contributed by atoms with Crippen molar-refractivity contribution >= 4 is 16.6 Å². The van der Waals surface area contributed by atoms with Crippen molar-refractivity contribution in [3.63, 3.8) is 0 Å². The molecule has 0 unspecified atom stereocenters. The first-order valence-electron chi connectivity index (χ1n) is 7.30. The number of halogens is 1. The van der Waals surface area contributed by atoms with Crippen molar-refractivity contribution in [2.75, 3.05) is 13.7 Å². The van der Waals surface area contributed by atoms with E-state index in [0.29, 0.717) is 17.1 Å². The van der Waals surface area contributed by atoms with Gasteiger partial charge in [0.05, 0.1) is 12.7 Å². The molecule has 0 radical (unpaired) electrons. The summed E-state index contributed by atoms with van der Waals surface area (Å²) >= 11 is 0. The normalized spacial score (nSPS) is 11.9. The number of hydrogen-bond donors (Lipinski definition) is 0. The minimum Gasteiger partial charge on any atom is -0.496 e. The number of ketones is 1. The van der Waals surface area contributed by atoms with Gasteiger partial charge in [0.15, 0.2) is 5.78 Å². The first-order chi connectivity index (χ1) is 11.1. The predicted octanol–water partition coefficient (Wildman–Crippen LogP) is 4.86. The second-order valence-corrected chi connectivity index (χ2v) is 4.94. The monoisotopic (exact) mass is 314 g/mol. The maximum Gasteiger partial charge on any atom is 0.164 e. The molecule has 4 heteroatoms. The Morgan fingerprint density at radius 3 is 2.65 bits per heavy atom. The summed E-state index contributed by atoms with van der Waals surface area (Å²) in [6, 6.07) is 9.21. The molecule has 2 rings (SSSR count). The van der Waals surface area contributed by atoms with Crippen LogP contribution in [0.3, 0.4) is 0 Å². The molecule has 23 heavy (non-hydrogen) atoms. The van der Waals surface area contributed by atoms with E-state index in [2.05, 4.69) is 0 Å². The summed E-state index contributed by atoms with van der Waals surface area (Å²) in [7, 11) is 1.56. The molecule has 0 N–H and O–H groups in total. The van der Waals surface area contributed by atoms with Crippen LogP contribution in [0.25, 0.3) is 10.8 Å². The molecule has 0 aromatic heterocycles. The maximum absolute atomic E-state index is 13.0. The number of ether oxygens (including phenoxy) is 2. The highest BCUT2D eigenvalue weighted by Crippen LogP contribution is 2.34. The van der Waals surface area contributed by atoms with Gasteiger partial charge in [0, 0.05) is 5.39 Å². The first kappa shape index (κ1) is 16.7. The third-order valence-corrected chi connectivity index (χ3v) is 3.43. The molecule has 0 saturated carbocycles. The zero-order chi connectivity index (χ0) is 16.8. The van der Waals surface area contributed by atoms with Crippen molar-refractivity contribution in [2.45, 2.75) is 13.8 Å². The Morgan fingerprint density at radius 1 is 1.22 bits per heavy atom. The van der Waals surface area contributed by atoms with Crippen molar-refractivity contribution < 1.29 is 18.7 Å². The van der Waals surface area contributed by atoms with E-state index < -0.39 is 0 Å². The van der Waals surface area contributed by atoms with Gasteiger partial charge in [-0.1, -0.05) is 24.3 Å². The average molecular weight is 314 g/mol. The standard InChI is InChI=1S/C19H19FO3/c1-4-15(20)8-6-12-23-17-11-10-14-7-5-9-16(22-3)19(14)18(17)13(2)21/h4-11H,12H2,1-3H3/b8-6-,15-4+. The van der Waals surface area contributed by atoms with Crippen molar-refractivity contribution in [3.8, 4) is 11.5 Å². The Morgan fingerprint density at radius 2 is 2.00 bits per heavy atom. The van der Waals surface area contributed by atoms with E-state index in [9.17, 15) is 9.18 Å². The number of carbonyl (C=O) groups is 1. The van der Waals surface area contributed by atoms with Crippen LogP contribution in [-0.2, 0) is 0 Å². The van der Waals surface area contributed by atoms with Gasteiger partial charge in [-0.05, 0) is 43.5 Å². The molecule has 2 aromatic carbocycles. The smallest absolute Gasteiger partial charge is 0.164 e. The highest BCUT2D eigenvalue weighted by molar-refractivity contribution is 6.11. The quantitative estimate of drug-likeness (QED) is 0.564. The molecular formula is C19H19FO3. The molecule has 0 atom stereocenters. The van der Waals surface area contributed by atoms with Crippen LogP contribution < -0.4 is 9.47 Å². The molecule has 0 amide bonds. The van der Waals surface area contributed by atoms with Crippen LogP contribution in [0.2, 0.25) is 0 Å². The molecular weight excluding hydrogens is 295 g/mol. The van der Waals surface area contributed by atoms with Crippen LogP contribution in [0.1, 0.15) is 24.2 Å². The number of fused-ring (bicyclic) bond motifs is 1. The van der Waals surface area contributed by atoms with Crippen LogP contribution in [0.15, 0.2) is 54.4 Å². The molecule has 0 aliphatic carbocycles. The van der Waals surface area contributed by atoms with Crippen LogP contribution in [0.5, 0.6) is 11.5 Å². The van der Waals surface area contributed by atoms with Gasteiger partial charge in [-0.2, -0.15) is 0 Å². The lowest BCUT2D eigenvalue weighted by Crippen LogP contribution is -2.03. The number of methoxy groups -OCH3 is 1. The van der Waals surface area contributed by atoms with Crippen molar-refractivity contribution in [2.24, 2.45) is 0 Å². The molecule has 0 aliphatic heterocycles. The molecule has 0 heterocycles. The Bertz CT molecular complexity index is 776. The minimum absolute atomic E-state index is 0.112. The van der Waals surface area contributed by atoms with E-state index in [1.165, 1.54) is 19.1 Å². The Balaban J connectivity index is 2.42. The number of hydrogen-bond acceptors (Lipinski definition) is 3. The second-order valence-electron chi connectivity index (χ2n) is 4.94. The van der Waals surface area contributed by atoms with Crippen LogP contribution in [0.4, 0.5) is 4.39 Å². The van der Waals surface area contributed by atoms with E-state index >= 15 is 0 Å². The zero-order valence-corrected chi connectivity index (χ0v) is 13.4. The van der Waals surface area contributed by atoms with E-state index in [4.69, 9.17) is 9.47 Å². The van der Waals surface area contributed by atoms with Gasteiger partial charge >= 0.3 is 0 Å². The summed E-state index contributed by atoms with van der Waals surface area (Å²) in [5.74, 6) is 0.632. The lowest BCUT2D eigenvalue weighted by atomic mass is 10.00. The van der Waals surface area contributed by atoms with Gasteiger partial charge in [-0.15, -0.1) is 0 Å². The van der Waals surface area contributed by atoms with E-state index in [-0.39, 0.29) is 18.2 Å². The van der Waals surface area contributed by atoms with Gasteiger partial charge in [-0.25, -0.2) is 4.39 Å². The lowest BCUT2D eigenvalue weighted by Gasteiger charge is -2.13. The van der Waals surface area contributed by atoms with Gasteiger partial charge < -0.3 is 9.47 Å². The van der Waals surface area contributed by atoms with Crippen molar-refractivity contribution in [1.29, 1.82) is 0 Å². The number of benzene rings is 2. The molecule has 0 spiro atoms. The van der Waals surface area contributed by atoms with Gasteiger partial charge in [0.2, 0.25) is 0 Å². The number of rotatable bonds is 6. The Kier molecular flexibility index (Phi) is 5.52. The minimum atomic E-state index is -0.333. The van der Waals surface area contributed by atoms with E-state index in [1.54, 1.807) is 32.2 Å². The largest absolute Gasteiger partial charge is 0.496 e. The molecule has 2 aromatic rings. The number of carbonyl (C=O) groups excluding carboxylic acids is 1. The molecule has 3 nitrogen and oxygen atoms in total. The van der Waals surface area contributed by atoms with Crippen LogP contribution in [0, 0.1) is 0 Å². The third-order valence-electron chi connectivity index (χ3n) is 3.43. The van der Waals surface area contributed by atoms with E-state index in [0.717, 1.165) is 10.8 Å². The highest BCUT2D eigenvalue weighted by Gasteiger charge is 2.16. The zero-order valence-electron chi connectivity index (χ0n) is 13.4. The van der Waals surface area contributed by atoms with Crippen molar-refractivity contribution in [3.05, 3.63) is 60.0 Å². The summed E-state index contributed by atoms with van der Waals surface area (Å²) in [4.78, 5) is 12.1. The van der Waals surface area contributed by atoms with Crippen molar-refractivity contribution in [1.82, 2.24) is 0 Å². The number of Topliss-reactive ketones (excluding diaryl/α,β-unsaturated/α-hetero) is 1. The Labute approximate surface area is 135 Å². The van der Waals surface area contributed by atoms with Crippen LogP contribution >= 0.6 is 0 Å². The first-order valence-corrected chi connectivity index (χ1v) is 7.30. The van der Waals surface area contributed by atoms with E-state index in [1.807, 2.05) is 18.2 Å². The second kappa shape index (κ2) is 7.58. The van der Waals surface area contributed by atoms with Gasteiger partial charge in [0.25, 0.3) is 0 Å².